The Morgan fingerprint density at radius 2 is 1.67 bits per heavy atom. The summed E-state index contributed by atoms with van der Waals surface area (Å²) in [5, 5.41) is 3.03. The third kappa shape index (κ3) is 6.01. The predicted octanol–water partition coefficient (Wildman–Crippen LogP) is 5.48. The number of rotatable bonds is 6. The average Bonchev–Trinajstić information content (AvgIpc) is 2.72. The number of amides is 1. The number of piperidine rings is 1. The molecule has 3 rings (SSSR count). The van der Waals surface area contributed by atoms with Gasteiger partial charge >= 0.3 is 0 Å². The molecular formula is C26H36N2O2. The van der Waals surface area contributed by atoms with Gasteiger partial charge in [0.25, 0.3) is 5.91 Å². The van der Waals surface area contributed by atoms with E-state index in [-0.39, 0.29) is 24.0 Å². The van der Waals surface area contributed by atoms with Crippen molar-refractivity contribution in [1.82, 2.24) is 5.32 Å². The number of nitrogens with zero attached hydrogens (tertiary/aromatic N) is 1. The molecule has 1 aliphatic rings. The van der Waals surface area contributed by atoms with E-state index in [2.05, 4.69) is 74.3 Å². The molecule has 1 atom stereocenters. The molecule has 1 N–H and O–H groups in total. The first-order valence-electron chi connectivity index (χ1n) is 11.1. The molecule has 2 aromatic rings. The van der Waals surface area contributed by atoms with Gasteiger partial charge < -0.3 is 15.0 Å². The number of ether oxygens (including phenoxy) is 1. The third-order valence-electron chi connectivity index (χ3n) is 6.01. The standard InChI is InChI=1S/C26H36N2O2/c1-19-14-16-28(17-15-19)23-10-6-21(7-11-23)20(2)27-25(29)18-30-24-12-8-22(9-13-24)26(3,4)5/h6-13,19-20H,14-18H2,1-5H3,(H,27,29). The van der Waals surface area contributed by atoms with E-state index in [4.69, 9.17) is 4.74 Å². The van der Waals surface area contributed by atoms with Crippen LogP contribution in [0.25, 0.3) is 0 Å². The van der Waals surface area contributed by atoms with Crippen molar-refractivity contribution in [3.05, 3.63) is 59.7 Å². The van der Waals surface area contributed by atoms with Crippen LogP contribution in [0.1, 0.15) is 64.6 Å². The second-order valence-electron chi connectivity index (χ2n) is 9.61. The molecule has 0 saturated carbocycles. The lowest BCUT2D eigenvalue weighted by Crippen LogP contribution is -2.33. The van der Waals surface area contributed by atoms with E-state index in [1.165, 1.54) is 24.1 Å². The first kappa shape index (κ1) is 22.2. The Kier molecular flexibility index (Phi) is 7.06. The highest BCUT2D eigenvalue weighted by molar-refractivity contribution is 5.78. The van der Waals surface area contributed by atoms with Crippen LogP contribution in [-0.4, -0.2) is 25.6 Å². The Balaban J connectivity index is 1.48. The zero-order chi connectivity index (χ0) is 21.7. The molecule has 30 heavy (non-hydrogen) atoms. The molecule has 0 radical (unpaired) electrons. The predicted molar refractivity (Wildman–Crippen MR) is 124 cm³/mol. The van der Waals surface area contributed by atoms with Crippen molar-refractivity contribution in [2.24, 2.45) is 5.92 Å². The minimum atomic E-state index is -0.114. The van der Waals surface area contributed by atoms with Crippen LogP contribution < -0.4 is 15.0 Å². The molecular weight excluding hydrogens is 372 g/mol. The zero-order valence-corrected chi connectivity index (χ0v) is 19.1. The Morgan fingerprint density at radius 1 is 1.07 bits per heavy atom. The van der Waals surface area contributed by atoms with Crippen LogP contribution >= 0.6 is 0 Å². The summed E-state index contributed by atoms with van der Waals surface area (Å²) in [5.74, 6) is 1.43. The minimum absolute atomic E-state index is 0.0171. The van der Waals surface area contributed by atoms with Crippen LogP contribution in [0, 0.1) is 5.92 Å². The number of nitrogens with one attached hydrogen (secondary N) is 1. The molecule has 162 valence electrons. The quantitative estimate of drug-likeness (QED) is 0.688. The number of anilines is 1. The second-order valence-corrected chi connectivity index (χ2v) is 9.61. The number of carbonyl (C=O) groups is 1. The van der Waals surface area contributed by atoms with Crippen LogP contribution in [0.4, 0.5) is 5.69 Å². The highest BCUT2D eigenvalue weighted by Crippen LogP contribution is 2.25. The van der Waals surface area contributed by atoms with E-state index in [0.29, 0.717) is 5.75 Å². The molecule has 0 aliphatic carbocycles. The summed E-state index contributed by atoms with van der Waals surface area (Å²) in [5.41, 5.74) is 3.72. The van der Waals surface area contributed by atoms with Crippen molar-refractivity contribution in [3.8, 4) is 5.75 Å². The maximum atomic E-state index is 12.3. The molecule has 0 spiro atoms. The van der Waals surface area contributed by atoms with Gasteiger partial charge in [-0.05, 0) is 66.5 Å². The maximum absolute atomic E-state index is 12.3. The number of hydrogen-bond donors (Lipinski definition) is 1. The number of benzene rings is 2. The molecule has 0 aromatic heterocycles. The van der Waals surface area contributed by atoms with Crippen molar-refractivity contribution in [2.75, 3.05) is 24.6 Å². The van der Waals surface area contributed by atoms with E-state index in [1.54, 1.807) is 0 Å². The Labute approximate surface area is 181 Å². The largest absolute Gasteiger partial charge is 0.484 e. The van der Waals surface area contributed by atoms with Crippen LogP contribution in [0.15, 0.2) is 48.5 Å². The molecule has 1 amide bonds. The van der Waals surface area contributed by atoms with E-state index in [9.17, 15) is 4.79 Å². The van der Waals surface area contributed by atoms with Gasteiger partial charge in [-0.25, -0.2) is 0 Å². The average molecular weight is 409 g/mol. The molecule has 1 fully saturated rings. The fourth-order valence-corrected chi connectivity index (χ4v) is 3.81. The summed E-state index contributed by atoms with van der Waals surface area (Å²) in [6.45, 7) is 13.1. The van der Waals surface area contributed by atoms with Gasteiger partial charge in [0, 0.05) is 18.8 Å². The second kappa shape index (κ2) is 9.55. The van der Waals surface area contributed by atoms with Gasteiger partial charge in [-0.15, -0.1) is 0 Å². The molecule has 4 nitrogen and oxygen atoms in total. The maximum Gasteiger partial charge on any atom is 0.258 e. The van der Waals surface area contributed by atoms with Gasteiger partial charge in [-0.3, -0.25) is 4.79 Å². The van der Waals surface area contributed by atoms with Gasteiger partial charge in [-0.1, -0.05) is 52.0 Å². The van der Waals surface area contributed by atoms with Crippen LogP contribution in [0.2, 0.25) is 0 Å². The fraction of sp³-hybridized carbons (Fsp3) is 0.500. The molecule has 2 aromatic carbocycles. The molecule has 1 unspecified atom stereocenters. The van der Waals surface area contributed by atoms with E-state index < -0.39 is 0 Å². The van der Waals surface area contributed by atoms with Gasteiger partial charge in [-0.2, -0.15) is 0 Å². The van der Waals surface area contributed by atoms with Crippen molar-refractivity contribution >= 4 is 11.6 Å². The first-order chi connectivity index (χ1) is 14.2. The molecule has 1 aliphatic heterocycles. The van der Waals surface area contributed by atoms with Gasteiger partial charge in [0.05, 0.1) is 6.04 Å². The summed E-state index contributed by atoms with van der Waals surface area (Å²) < 4.78 is 5.66. The highest BCUT2D eigenvalue weighted by atomic mass is 16.5. The van der Waals surface area contributed by atoms with Crippen molar-refractivity contribution in [3.63, 3.8) is 0 Å². The fourth-order valence-electron chi connectivity index (χ4n) is 3.81. The first-order valence-corrected chi connectivity index (χ1v) is 11.1. The monoisotopic (exact) mass is 408 g/mol. The molecule has 1 saturated heterocycles. The molecule has 4 heteroatoms. The van der Waals surface area contributed by atoms with Crippen molar-refractivity contribution in [1.29, 1.82) is 0 Å². The van der Waals surface area contributed by atoms with E-state index in [1.807, 2.05) is 19.1 Å². The van der Waals surface area contributed by atoms with Gasteiger partial charge in [0.15, 0.2) is 6.61 Å². The zero-order valence-electron chi connectivity index (χ0n) is 19.1. The summed E-state index contributed by atoms with van der Waals surface area (Å²) in [6.07, 6.45) is 2.51. The van der Waals surface area contributed by atoms with Crippen molar-refractivity contribution in [2.45, 2.75) is 58.9 Å². The van der Waals surface area contributed by atoms with Crippen LogP contribution in [0.3, 0.4) is 0 Å². The molecule has 0 bridgehead atoms. The number of hydrogen-bond acceptors (Lipinski definition) is 3. The lowest BCUT2D eigenvalue weighted by atomic mass is 9.87. The topological polar surface area (TPSA) is 41.6 Å². The van der Waals surface area contributed by atoms with Crippen LogP contribution in [0.5, 0.6) is 5.75 Å². The summed E-state index contributed by atoms with van der Waals surface area (Å²) in [7, 11) is 0. The van der Waals surface area contributed by atoms with E-state index >= 15 is 0 Å². The Bertz CT molecular complexity index is 814. The van der Waals surface area contributed by atoms with Gasteiger partial charge in [0.1, 0.15) is 5.75 Å². The highest BCUT2D eigenvalue weighted by Gasteiger charge is 2.17. The normalized spacial score (nSPS) is 16.2. The lowest BCUT2D eigenvalue weighted by Gasteiger charge is -2.32. The van der Waals surface area contributed by atoms with Crippen LogP contribution in [-0.2, 0) is 10.2 Å². The third-order valence-corrected chi connectivity index (χ3v) is 6.01. The van der Waals surface area contributed by atoms with Crippen molar-refractivity contribution < 1.29 is 9.53 Å². The number of carbonyl (C=O) groups excluding carboxylic acids is 1. The Morgan fingerprint density at radius 3 is 2.23 bits per heavy atom. The summed E-state index contributed by atoms with van der Waals surface area (Å²) in [4.78, 5) is 14.8. The minimum Gasteiger partial charge on any atom is -0.484 e. The van der Waals surface area contributed by atoms with Gasteiger partial charge in [0.2, 0.25) is 0 Å². The smallest absolute Gasteiger partial charge is 0.258 e. The lowest BCUT2D eigenvalue weighted by molar-refractivity contribution is -0.123. The van der Waals surface area contributed by atoms with E-state index in [0.717, 1.165) is 24.6 Å². The SMILES string of the molecule is CC1CCN(c2ccc(C(C)NC(=O)COc3ccc(C(C)(C)C)cc3)cc2)CC1. The summed E-state index contributed by atoms with van der Waals surface area (Å²) >= 11 is 0. The molecule has 1 heterocycles. The Hall–Kier alpha value is -2.49. The summed E-state index contributed by atoms with van der Waals surface area (Å²) in [6, 6.07) is 16.5.